The second kappa shape index (κ2) is 6.78. The molecule has 108 valence electrons. The number of fused-ring (bicyclic) bond motifs is 1. The molecule has 2 aromatic rings. The lowest BCUT2D eigenvalue weighted by atomic mass is 10.1. The van der Waals surface area contributed by atoms with E-state index in [1.165, 1.54) is 11.8 Å². The fraction of sp³-hybridized carbons (Fsp3) is 0.357. The SMILES string of the molecule is COc1cc2ccnc(SCC(O)CO)c2cc1OC. The Bertz CT molecular complexity index is 591. The molecule has 1 heterocycles. The zero-order chi connectivity index (χ0) is 14.5. The van der Waals surface area contributed by atoms with Gasteiger partial charge in [-0.15, -0.1) is 11.8 Å². The second-order valence-corrected chi connectivity index (χ2v) is 5.20. The van der Waals surface area contributed by atoms with E-state index in [0.29, 0.717) is 17.3 Å². The molecule has 0 aliphatic carbocycles. The molecule has 6 heteroatoms. The number of aliphatic hydroxyl groups excluding tert-OH is 2. The highest BCUT2D eigenvalue weighted by molar-refractivity contribution is 7.99. The molecule has 1 atom stereocenters. The molecule has 0 aliphatic heterocycles. The van der Waals surface area contributed by atoms with Gasteiger partial charge in [0.15, 0.2) is 11.5 Å². The number of nitrogens with zero attached hydrogens (tertiary/aromatic N) is 1. The first-order valence-electron chi connectivity index (χ1n) is 6.12. The van der Waals surface area contributed by atoms with Gasteiger partial charge >= 0.3 is 0 Å². The van der Waals surface area contributed by atoms with E-state index in [2.05, 4.69) is 4.98 Å². The van der Waals surface area contributed by atoms with Crippen LogP contribution in [-0.2, 0) is 0 Å². The van der Waals surface area contributed by atoms with Crippen LogP contribution in [0.15, 0.2) is 29.4 Å². The summed E-state index contributed by atoms with van der Waals surface area (Å²) < 4.78 is 10.6. The Kier molecular flexibility index (Phi) is 5.05. The van der Waals surface area contributed by atoms with Gasteiger partial charge in [-0.2, -0.15) is 0 Å². The molecule has 0 fully saturated rings. The van der Waals surface area contributed by atoms with E-state index in [1.807, 2.05) is 18.2 Å². The fourth-order valence-corrected chi connectivity index (χ4v) is 2.74. The summed E-state index contributed by atoms with van der Waals surface area (Å²) in [7, 11) is 3.18. The number of rotatable bonds is 6. The highest BCUT2D eigenvalue weighted by atomic mass is 32.2. The third-order valence-electron chi connectivity index (χ3n) is 2.86. The van der Waals surface area contributed by atoms with Gasteiger partial charge < -0.3 is 19.7 Å². The van der Waals surface area contributed by atoms with E-state index in [9.17, 15) is 5.11 Å². The molecule has 0 saturated heterocycles. The van der Waals surface area contributed by atoms with Crippen molar-refractivity contribution in [2.24, 2.45) is 0 Å². The van der Waals surface area contributed by atoms with E-state index >= 15 is 0 Å². The van der Waals surface area contributed by atoms with Crippen molar-refractivity contribution < 1.29 is 19.7 Å². The molecule has 1 aromatic heterocycles. The van der Waals surface area contributed by atoms with Crippen LogP contribution in [0.3, 0.4) is 0 Å². The molecule has 2 rings (SSSR count). The number of methoxy groups -OCH3 is 2. The first-order valence-corrected chi connectivity index (χ1v) is 7.10. The lowest BCUT2D eigenvalue weighted by molar-refractivity contribution is 0.113. The molecular weight excluding hydrogens is 278 g/mol. The summed E-state index contributed by atoms with van der Waals surface area (Å²) in [6.07, 6.45) is 0.958. The van der Waals surface area contributed by atoms with Crippen molar-refractivity contribution >= 4 is 22.5 Å². The molecule has 2 N–H and O–H groups in total. The monoisotopic (exact) mass is 295 g/mol. The van der Waals surface area contributed by atoms with E-state index in [0.717, 1.165) is 15.8 Å². The van der Waals surface area contributed by atoms with Gasteiger partial charge in [-0.3, -0.25) is 0 Å². The number of pyridine rings is 1. The average Bonchev–Trinajstić information content (AvgIpc) is 2.50. The van der Waals surface area contributed by atoms with Crippen LogP contribution in [-0.4, -0.2) is 47.9 Å². The van der Waals surface area contributed by atoms with Crippen LogP contribution in [0.2, 0.25) is 0 Å². The maximum atomic E-state index is 9.43. The number of ether oxygens (including phenoxy) is 2. The molecule has 0 aliphatic rings. The molecular formula is C14H17NO4S. The summed E-state index contributed by atoms with van der Waals surface area (Å²) in [5.74, 6) is 1.69. The highest BCUT2D eigenvalue weighted by Gasteiger charge is 2.11. The maximum Gasteiger partial charge on any atom is 0.161 e. The normalized spacial score (nSPS) is 12.4. The number of thioether (sulfide) groups is 1. The second-order valence-electron chi connectivity index (χ2n) is 4.19. The molecule has 0 amide bonds. The van der Waals surface area contributed by atoms with Crippen LogP contribution in [0.1, 0.15) is 0 Å². The smallest absolute Gasteiger partial charge is 0.161 e. The lowest BCUT2D eigenvalue weighted by Crippen LogP contribution is -2.14. The molecule has 20 heavy (non-hydrogen) atoms. The molecule has 0 radical (unpaired) electrons. The zero-order valence-corrected chi connectivity index (χ0v) is 12.2. The zero-order valence-electron chi connectivity index (χ0n) is 11.4. The van der Waals surface area contributed by atoms with Gasteiger partial charge in [0.2, 0.25) is 0 Å². The van der Waals surface area contributed by atoms with Gasteiger partial charge in [0.25, 0.3) is 0 Å². The number of hydrogen-bond acceptors (Lipinski definition) is 6. The van der Waals surface area contributed by atoms with Crippen molar-refractivity contribution in [1.29, 1.82) is 0 Å². The predicted octanol–water partition coefficient (Wildman–Crippen LogP) is 1.70. The quantitative estimate of drug-likeness (QED) is 0.790. The van der Waals surface area contributed by atoms with Gasteiger partial charge in [-0.05, 0) is 23.6 Å². The summed E-state index contributed by atoms with van der Waals surface area (Å²) in [6.45, 7) is -0.255. The van der Waals surface area contributed by atoms with E-state index < -0.39 is 6.10 Å². The van der Waals surface area contributed by atoms with E-state index in [-0.39, 0.29) is 6.61 Å². The number of benzene rings is 1. The predicted molar refractivity (Wildman–Crippen MR) is 78.7 cm³/mol. The molecule has 1 aromatic carbocycles. The molecule has 0 spiro atoms. The summed E-state index contributed by atoms with van der Waals surface area (Å²) in [5, 5.41) is 21.0. The topological polar surface area (TPSA) is 71.8 Å². The third kappa shape index (κ3) is 3.15. The van der Waals surface area contributed by atoms with Crippen LogP contribution in [0, 0.1) is 0 Å². The van der Waals surface area contributed by atoms with Crippen LogP contribution in [0.4, 0.5) is 0 Å². The van der Waals surface area contributed by atoms with Gasteiger partial charge in [0, 0.05) is 17.3 Å². The Hall–Kier alpha value is -1.50. The molecule has 0 saturated carbocycles. The molecule has 0 bridgehead atoms. The highest BCUT2D eigenvalue weighted by Crippen LogP contribution is 2.35. The van der Waals surface area contributed by atoms with Crippen molar-refractivity contribution in [1.82, 2.24) is 4.98 Å². The summed E-state index contributed by atoms with van der Waals surface area (Å²) in [4.78, 5) is 4.32. The van der Waals surface area contributed by atoms with Gasteiger partial charge in [0.05, 0.1) is 26.9 Å². The van der Waals surface area contributed by atoms with Crippen LogP contribution >= 0.6 is 11.8 Å². The van der Waals surface area contributed by atoms with Gasteiger partial charge in [0.1, 0.15) is 5.03 Å². The lowest BCUT2D eigenvalue weighted by Gasteiger charge is -2.12. The summed E-state index contributed by atoms with van der Waals surface area (Å²) in [6, 6.07) is 5.65. The number of aliphatic hydroxyl groups is 2. The van der Waals surface area contributed by atoms with Crippen molar-refractivity contribution in [2.75, 3.05) is 26.6 Å². The largest absolute Gasteiger partial charge is 0.493 e. The molecule has 5 nitrogen and oxygen atoms in total. The Balaban J connectivity index is 2.40. The van der Waals surface area contributed by atoms with Gasteiger partial charge in [-0.1, -0.05) is 0 Å². The van der Waals surface area contributed by atoms with Crippen molar-refractivity contribution in [3.05, 3.63) is 24.4 Å². The van der Waals surface area contributed by atoms with Crippen LogP contribution in [0.25, 0.3) is 10.8 Å². The number of aromatic nitrogens is 1. The Morgan fingerprint density at radius 2 is 1.95 bits per heavy atom. The van der Waals surface area contributed by atoms with Gasteiger partial charge in [-0.25, -0.2) is 4.98 Å². The fourth-order valence-electron chi connectivity index (χ4n) is 1.82. The van der Waals surface area contributed by atoms with E-state index in [1.54, 1.807) is 20.4 Å². The number of hydrogen-bond donors (Lipinski definition) is 2. The first kappa shape index (κ1) is 14.9. The maximum absolute atomic E-state index is 9.43. The minimum atomic E-state index is -0.753. The average molecular weight is 295 g/mol. The first-order chi connectivity index (χ1) is 9.69. The van der Waals surface area contributed by atoms with Crippen LogP contribution < -0.4 is 9.47 Å². The third-order valence-corrected chi connectivity index (χ3v) is 4.01. The Morgan fingerprint density at radius 3 is 2.60 bits per heavy atom. The summed E-state index contributed by atoms with van der Waals surface area (Å²) in [5.41, 5.74) is 0. The Labute approximate surface area is 121 Å². The minimum Gasteiger partial charge on any atom is -0.493 e. The van der Waals surface area contributed by atoms with E-state index in [4.69, 9.17) is 14.6 Å². The van der Waals surface area contributed by atoms with Crippen molar-refractivity contribution in [2.45, 2.75) is 11.1 Å². The van der Waals surface area contributed by atoms with Crippen molar-refractivity contribution in [3.8, 4) is 11.5 Å². The summed E-state index contributed by atoms with van der Waals surface area (Å²) >= 11 is 1.40. The standard InChI is InChI=1S/C14H17NO4S/c1-18-12-5-9-3-4-15-14(20-8-10(17)7-16)11(9)6-13(12)19-2/h3-6,10,16-17H,7-8H2,1-2H3. The molecule has 1 unspecified atom stereocenters. The van der Waals surface area contributed by atoms with Crippen LogP contribution in [0.5, 0.6) is 11.5 Å². The Morgan fingerprint density at radius 1 is 1.25 bits per heavy atom. The van der Waals surface area contributed by atoms with Crippen molar-refractivity contribution in [3.63, 3.8) is 0 Å². The minimum absolute atomic E-state index is 0.255.